The van der Waals surface area contributed by atoms with Crippen molar-refractivity contribution in [3.63, 3.8) is 0 Å². The number of benzene rings is 3. The summed E-state index contributed by atoms with van der Waals surface area (Å²) in [6, 6.07) is 15.4. The number of nitrogens with zero attached hydrogens (tertiary/aromatic N) is 2. The molecule has 13 heteroatoms. The molecule has 0 spiro atoms. The summed E-state index contributed by atoms with van der Waals surface area (Å²) in [7, 11) is 1.52. The number of aliphatic hydroxyl groups is 2. The number of amides is 1. The van der Waals surface area contributed by atoms with E-state index in [4.69, 9.17) is 38.4 Å². The minimum Gasteiger partial charge on any atom is -0.496 e. The van der Waals surface area contributed by atoms with Crippen LogP contribution >= 0.6 is 0 Å². The summed E-state index contributed by atoms with van der Waals surface area (Å²) < 4.78 is 37.5. The van der Waals surface area contributed by atoms with Crippen LogP contribution in [0, 0.1) is 17.8 Å². The molecule has 0 unspecified atom stereocenters. The fraction of sp³-hybridized carbons (Fsp3) is 0.479. The van der Waals surface area contributed by atoms with E-state index in [-0.39, 0.29) is 56.7 Å². The van der Waals surface area contributed by atoms with Crippen LogP contribution in [0.3, 0.4) is 0 Å². The number of carbonyl (C=O) groups excluding carboxylic acids is 2. The summed E-state index contributed by atoms with van der Waals surface area (Å²) in [5.74, 6) is 0.913. The standard InChI is InChI=1S/C48H58N2O11/c1-5-20-50(47(54)32-14-17-42-43(26-32)57-30-56-42)44-28-39(49-59-7-3)37-25-31(12-8-10-21-51)36(13-9-11-22-52)45-38-27-35(60-34-15-18-40(55-4)33(24-34)29-53)16-19-41(38)61-48(44,46(37)45)58-23-6-2/h6,14-19,24-27,29,31,36,44-46,51-52H,2,5,7-13,20-23,28,30H2,1,3-4H3/t31-,36+,44-,45+,46+,48+/m0/s1. The van der Waals surface area contributed by atoms with Gasteiger partial charge in [-0.2, -0.15) is 0 Å². The third-order valence-corrected chi connectivity index (χ3v) is 12.2. The predicted octanol–water partition coefficient (Wildman–Crippen LogP) is 8.23. The highest BCUT2D eigenvalue weighted by Gasteiger charge is 2.65. The van der Waals surface area contributed by atoms with E-state index in [2.05, 4.69) is 12.7 Å². The van der Waals surface area contributed by atoms with E-state index in [1.54, 1.807) is 42.5 Å². The molecule has 2 heterocycles. The summed E-state index contributed by atoms with van der Waals surface area (Å²) in [5, 5.41) is 24.6. The van der Waals surface area contributed by atoms with Gasteiger partial charge in [0, 0.05) is 43.2 Å². The molecule has 6 atom stereocenters. The van der Waals surface area contributed by atoms with E-state index >= 15 is 4.79 Å². The van der Waals surface area contributed by atoms with Crippen molar-refractivity contribution in [3.8, 4) is 34.5 Å². The number of aliphatic hydroxyl groups excluding tert-OH is 2. The molecule has 0 saturated heterocycles. The number of carbonyl (C=O) groups is 2. The van der Waals surface area contributed by atoms with Gasteiger partial charge in [-0.25, -0.2) is 0 Å². The van der Waals surface area contributed by atoms with Crippen LogP contribution in [0.15, 0.2) is 84.1 Å². The van der Waals surface area contributed by atoms with Crippen LogP contribution in [-0.2, 0) is 9.57 Å². The largest absolute Gasteiger partial charge is 0.496 e. The summed E-state index contributed by atoms with van der Waals surface area (Å²) >= 11 is 0. The van der Waals surface area contributed by atoms with Crippen molar-refractivity contribution in [2.24, 2.45) is 22.9 Å². The molecule has 3 aromatic rings. The van der Waals surface area contributed by atoms with Crippen molar-refractivity contribution < 1.29 is 53.1 Å². The Morgan fingerprint density at radius 1 is 0.967 bits per heavy atom. The molecule has 61 heavy (non-hydrogen) atoms. The molecule has 0 aromatic heterocycles. The first-order valence-electron chi connectivity index (χ1n) is 21.6. The van der Waals surface area contributed by atoms with Gasteiger partial charge >= 0.3 is 0 Å². The predicted molar refractivity (Wildman–Crippen MR) is 229 cm³/mol. The van der Waals surface area contributed by atoms with Crippen molar-refractivity contribution in [1.82, 2.24) is 4.90 Å². The number of ether oxygens (including phenoxy) is 6. The molecule has 4 aliphatic rings. The van der Waals surface area contributed by atoms with Gasteiger partial charge in [0.15, 0.2) is 17.8 Å². The molecule has 326 valence electrons. The lowest BCUT2D eigenvalue weighted by Crippen LogP contribution is -2.70. The molecular formula is C48H58N2O11. The molecule has 2 N–H and O–H groups in total. The van der Waals surface area contributed by atoms with Crippen molar-refractivity contribution >= 4 is 17.9 Å². The van der Waals surface area contributed by atoms with E-state index in [0.717, 1.165) is 48.8 Å². The Labute approximate surface area is 357 Å². The Morgan fingerprint density at radius 2 is 1.72 bits per heavy atom. The average molecular weight is 839 g/mol. The van der Waals surface area contributed by atoms with Gasteiger partial charge in [-0.1, -0.05) is 37.1 Å². The van der Waals surface area contributed by atoms with Crippen LogP contribution < -0.4 is 23.7 Å². The van der Waals surface area contributed by atoms with Crippen LogP contribution in [0.4, 0.5) is 0 Å². The van der Waals surface area contributed by atoms with Gasteiger partial charge in [-0.05, 0) is 111 Å². The SMILES string of the molecule is C=CCO[C@@]12Oc3ccc(Oc4ccc(OC)c(C=O)c4)cc3[C@H]3[C@H](CCCCO)[C@@H](CCCCO)C=C(C(=NOCC)C[C@@H]1N(CCC)C(=O)c1ccc4c(c1)OCO4)[C@H]32. The van der Waals surface area contributed by atoms with Crippen molar-refractivity contribution in [1.29, 1.82) is 0 Å². The molecule has 2 aliphatic carbocycles. The van der Waals surface area contributed by atoms with Crippen LogP contribution in [0.25, 0.3) is 0 Å². The second-order valence-electron chi connectivity index (χ2n) is 15.9. The van der Waals surface area contributed by atoms with Crippen LogP contribution in [0.2, 0.25) is 0 Å². The molecular weight excluding hydrogens is 781 g/mol. The minimum atomic E-state index is -1.41. The monoisotopic (exact) mass is 838 g/mol. The molecule has 1 saturated carbocycles. The Hall–Kier alpha value is -5.37. The van der Waals surface area contributed by atoms with E-state index in [1.807, 2.05) is 36.9 Å². The molecule has 1 amide bonds. The first-order valence-corrected chi connectivity index (χ1v) is 21.6. The van der Waals surface area contributed by atoms with Crippen LogP contribution in [-0.4, -0.2) is 91.7 Å². The zero-order chi connectivity index (χ0) is 42.9. The van der Waals surface area contributed by atoms with E-state index in [1.165, 1.54) is 7.11 Å². The van der Waals surface area contributed by atoms with Gasteiger partial charge in [0.05, 0.1) is 30.9 Å². The summed E-state index contributed by atoms with van der Waals surface area (Å²) in [5.41, 5.74) is 3.39. The number of rotatable bonds is 21. The van der Waals surface area contributed by atoms with Crippen molar-refractivity contribution in [3.05, 3.63) is 95.6 Å². The lowest BCUT2D eigenvalue weighted by atomic mass is 9.55. The fourth-order valence-corrected chi connectivity index (χ4v) is 9.69. The quantitative estimate of drug-likeness (QED) is 0.0462. The number of methoxy groups -OCH3 is 1. The number of fused-ring (bicyclic) bond motifs is 3. The van der Waals surface area contributed by atoms with Crippen molar-refractivity contribution in [2.75, 3.05) is 46.9 Å². The minimum absolute atomic E-state index is 0.0301. The van der Waals surface area contributed by atoms with E-state index < -0.39 is 17.7 Å². The summed E-state index contributed by atoms with van der Waals surface area (Å²) in [6.45, 7) is 9.11. The lowest BCUT2D eigenvalue weighted by molar-refractivity contribution is -0.254. The van der Waals surface area contributed by atoms with Crippen LogP contribution in [0.5, 0.6) is 34.5 Å². The zero-order valence-corrected chi connectivity index (χ0v) is 35.4. The molecule has 7 rings (SSSR count). The smallest absolute Gasteiger partial charge is 0.254 e. The third-order valence-electron chi connectivity index (χ3n) is 12.2. The third kappa shape index (κ3) is 8.87. The van der Waals surface area contributed by atoms with E-state index in [9.17, 15) is 15.0 Å². The molecule has 0 bridgehead atoms. The highest BCUT2D eigenvalue weighted by molar-refractivity contribution is 6.03. The van der Waals surface area contributed by atoms with Gasteiger partial charge in [-0.15, -0.1) is 6.58 Å². The molecule has 1 fully saturated rings. The Bertz CT molecular complexity index is 2100. The second kappa shape index (κ2) is 20.0. The number of unbranched alkanes of at least 4 members (excludes halogenated alkanes) is 2. The van der Waals surface area contributed by atoms with Gasteiger partial charge < -0.3 is 48.4 Å². The maximum Gasteiger partial charge on any atom is 0.254 e. The highest BCUT2D eigenvalue weighted by Crippen LogP contribution is 2.62. The zero-order valence-electron chi connectivity index (χ0n) is 35.4. The number of aldehydes is 1. The van der Waals surface area contributed by atoms with Crippen LogP contribution in [0.1, 0.15) is 97.4 Å². The number of hydrogen-bond donors (Lipinski definition) is 2. The van der Waals surface area contributed by atoms with Crippen molar-refractivity contribution in [2.45, 2.75) is 83.0 Å². The molecule has 3 aromatic carbocycles. The van der Waals surface area contributed by atoms with Gasteiger partial charge in [-0.3, -0.25) is 9.59 Å². The summed E-state index contributed by atoms with van der Waals surface area (Å²) in [4.78, 5) is 34.7. The first-order chi connectivity index (χ1) is 29.8. The average Bonchev–Trinajstić information content (AvgIpc) is 3.76. The maximum absolute atomic E-state index is 15.0. The van der Waals surface area contributed by atoms with E-state index in [0.29, 0.717) is 78.0 Å². The Balaban J connectivity index is 1.43. The van der Waals surface area contributed by atoms with Gasteiger partial charge in [0.25, 0.3) is 5.91 Å². The second-order valence-corrected chi connectivity index (χ2v) is 15.9. The van der Waals surface area contributed by atoms with Gasteiger partial charge in [0.1, 0.15) is 35.6 Å². The number of hydrogen-bond acceptors (Lipinski definition) is 12. The Morgan fingerprint density at radius 3 is 2.46 bits per heavy atom. The maximum atomic E-state index is 15.0. The Kier molecular flexibility index (Phi) is 14.3. The lowest BCUT2D eigenvalue weighted by Gasteiger charge is -2.60. The molecule has 0 radical (unpaired) electrons. The molecule has 2 aliphatic heterocycles. The normalized spacial score (nSPS) is 23.9. The number of oxime groups is 1. The summed E-state index contributed by atoms with van der Waals surface area (Å²) in [6.07, 6.45) is 10.2. The fourth-order valence-electron chi connectivity index (χ4n) is 9.69. The molecule has 13 nitrogen and oxygen atoms in total. The highest BCUT2D eigenvalue weighted by atomic mass is 16.7. The van der Waals surface area contributed by atoms with Gasteiger partial charge in [0.2, 0.25) is 12.6 Å². The first kappa shape index (κ1) is 43.7. The number of allylic oxidation sites excluding steroid dienone is 1. The topological polar surface area (TPSA) is 155 Å².